The van der Waals surface area contributed by atoms with Gasteiger partial charge in [0.25, 0.3) is 0 Å². The summed E-state index contributed by atoms with van der Waals surface area (Å²) < 4.78 is 11.8. The quantitative estimate of drug-likeness (QED) is 0.414. The summed E-state index contributed by atoms with van der Waals surface area (Å²) in [6.45, 7) is 2.53. The molecule has 5 atom stereocenters. The highest BCUT2D eigenvalue weighted by Crippen LogP contribution is 2.63. The molecular formula is C29H35N3O6. The molecule has 38 heavy (non-hydrogen) atoms. The number of likely N-dealkylation sites (tertiary alicyclic amines) is 1. The van der Waals surface area contributed by atoms with Crippen molar-refractivity contribution in [3.05, 3.63) is 60.2 Å². The summed E-state index contributed by atoms with van der Waals surface area (Å²) in [7, 11) is 1.57. The molecule has 0 aromatic heterocycles. The van der Waals surface area contributed by atoms with Crippen LogP contribution in [0.4, 0.5) is 5.69 Å². The average Bonchev–Trinajstić information content (AvgIpc) is 3.49. The number of aliphatic hydroxyl groups excluding tert-OH is 1. The van der Waals surface area contributed by atoms with E-state index in [0.29, 0.717) is 50.2 Å². The Labute approximate surface area is 222 Å². The molecule has 1 spiro atoms. The smallest absolute Gasteiger partial charge is 0.250 e. The van der Waals surface area contributed by atoms with Gasteiger partial charge in [-0.05, 0) is 62.4 Å². The number of hydrogen-bond acceptors (Lipinski definition) is 6. The highest BCUT2D eigenvalue weighted by Gasteiger charge is 2.77. The van der Waals surface area contributed by atoms with Crippen LogP contribution in [0.1, 0.15) is 38.2 Å². The number of rotatable bonds is 10. The lowest BCUT2D eigenvalue weighted by Crippen LogP contribution is -2.53. The van der Waals surface area contributed by atoms with Crippen molar-refractivity contribution in [3.63, 3.8) is 0 Å². The van der Waals surface area contributed by atoms with Crippen LogP contribution in [0.3, 0.4) is 0 Å². The van der Waals surface area contributed by atoms with Gasteiger partial charge in [0, 0.05) is 25.4 Å². The summed E-state index contributed by atoms with van der Waals surface area (Å²) in [6, 6.07) is 15.7. The van der Waals surface area contributed by atoms with E-state index in [1.807, 2.05) is 37.3 Å². The molecule has 3 saturated heterocycles. The Morgan fingerprint density at radius 1 is 1.08 bits per heavy atom. The molecule has 9 nitrogen and oxygen atoms in total. The Balaban J connectivity index is 1.43. The summed E-state index contributed by atoms with van der Waals surface area (Å²) in [4.78, 5) is 42.9. The van der Waals surface area contributed by atoms with Crippen LogP contribution in [-0.2, 0) is 25.7 Å². The minimum atomic E-state index is -1.09. The Bertz CT molecular complexity index is 1190. The van der Waals surface area contributed by atoms with Crippen LogP contribution in [0.15, 0.2) is 54.6 Å². The van der Waals surface area contributed by atoms with Crippen molar-refractivity contribution >= 4 is 23.4 Å². The van der Waals surface area contributed by atoms with Crippen molar-refractivity contribution in [2.24, 2.45) is 11.8 Å². The first kappa shape index (κ1) is 26.2. The molecule has 2 aromatic carbocycles. The second-order valence-electron chi connectivity index (χ2n) is 10.6. The largest absolute Gasteiger partial charge is 0.497 e. The van der Waals surface area contributed by atoms with Crippen molar-refractivity contribution in [1.82, 2.24) is 10.2 Å². The van der Waals surface area contributed by atoms with Crippen LogP contribution >= 0.6 is 0 Å². The maximum absolute atomic E-state index is 14.0. The van der Waals surface area contributed by atoms with Crippen LogP contribution in [0.5, 0.6) is 5.75 Å². The third-order valence-electron chi connectivity index (χ3n) is 8.28. The van der Waals surface area contributed by atoms with Gasteiger partial charge in [0.15, 0.2) is 0 Å². The Morgan fingerprint density at radius 2 is 1.82 bits per heavy atom. The van der Waals surface area contributed by atoms with Gasteiger partial charge in [-0.3, -0.25) is 14.4 Å². The van der Waals surface area contributed by atoms with Gasteiger partial charge in [-0.25, -0.2) is 0 Å². The third-order valence-corrected chi connectivity index (χ3v) is 8.28. The van der Waals surface area contributed by atoms with E-state index in [-0.39, 0.29) is 24.3 Å². The number of fused-ring (bicyclic) bond motifs is 1. The summed E-state index contributed by atoms with van der Waals surface area (Å²) >= 11 is 0. The average molecular weight is 522 g/mol. The zero-order chi connectivity index (χ0) is 26.9. The lowest BCUT2D eigenvalue weighted by atomic mass is 9.66. The van der Waals surface area contributed by atoms with E-state index in [4.69, 9.17) is 9.47 Å². The number of ether oxygens (including phenoxy) is 2. The number of anilines is 1. The van der Waals surface area contributed by atoms with Crippen molar-refractivity contribution in [1.29, 1.82) is 0 Å². The summed E-state index contributed by atoms with van der Waals surface area (Å²) in [5.41, 5.74) is -0.382. The number of nitrogens with zero attached hydrogens (tertiary/aromatic N) is 1. The highest BCUT2D eigenvalue weighted by atomic mass is 16.5. The van der Waals surface area contributed by atoms with Gasteiger partial charge in [-0.1, -0.05) is 30.3 Å². The molecular weight excluding hydrogens is 486 g/mol. The SMILES string of the molecule is COc1ccc(NC(=O)C2N(CCCCO)C(=O)[C@@H]3[C@@H](C(=O)NCc4ccccc4)[C@@]4(C)CCC23O4)cc1. The maximum Gasteiger partial charge on any atom is 0.250 e. The third kappa shape index (κ3) is 4.43. The maximum atomic E-state index is 14.0. The lowest BCUT2D eigenvalue weighted by Gasteiger charge is -2.33. The predicted octanol–water partition coefficient (Wildman–Crippen LogP) is 2.49. The zero-order valence-corrected chi connectivity index (χ0v) is 21.8. The number of amides is 3. The number of nitrogens with one attached hydrogen (secondary N) is 2. The van der Waals surface area contributed by atoms with E-state index < -0.39 is 29.1 Å². The number of aliphatic hydroxyl groups is 1. The normalized spacial score (nSPS) is 29.3. The van der Waals surface area contributed by atoms with E-state index >= 15 is 0 Å². The molecule has 3 heterocycles. The first-order chi connectivity index (χ1) is 18.3. The minimum Gasteiger partial charge on any atom is -0.497 e. The molecule has 3 fully saturated rings. The van der Waals surface area contributed by atoms with Crippen LogP contribution in [-0.4, -0.2) is 65.2 Å². The second-order valence-corrected chi connectivity index (χ2v) is 10.6. The summed E-state index contributed by atoms with van der Waals surface area (Å²) in [5, 5.41) is 15.3. The molecule has 3 aliphatic heterocycles. The summed E-state index contributed by atoms with van der Waals surface area (Å²) in [6.07, 6.45) is 2.14. The van der Waals surface area contributed by atoms with Crippen molar-refractivity contribution < 1.29 is 29.0 Å². The fraction of sp³-hybridized carbons (Fsp3) is 0.483. The van der Waals surface area contributed by atoms with Gasteiger partial charge in [0.1, 0.15) is 17.4 Å². The predicted molar refractivity (Wildman–Crippen MR) is 140 cm³/mol. The van der Waals surface area contributed by atoms with Crippen molar-refractivity contribution in [3.8, 4) is 5.75 Å². The van der Waals surface area contributed by atoms with E-state index in [0.717, 1.165) is 5.56 Å². The molecule has 0 saturated carbocycles. The fourth-order valence-electron chi connectivity index (χ4n) is 6.54. The number of methoxy groups -OCH3 is 1. The first-order valence-corrected chi connectivity index (χ1v) is 13.2. The molecule has 9 heteroatoms. The van der Waals surface area contributed by atoms with Gasteiger partial charge in [0.2, 0.25) is 17.7 Å². The fourth-order valence-corrected chi connectivity index (χ4v) is 6.54. The van der Waals surface area contributed by atoms with Crippen LogP contribution < -0.4 is 15.4 Å². The standard InChI is InChI=1S/C29H35N3O6/c1-28-14-15-29(38-28)23(22(28)25(34)30-18-19-8-4-3-5-9-19)27(36)32(16-6-7-17-33)24(29)26(35)31-20-10-12-21(37-2)13-11-20/h3-5,8-13,22-24,33H,6-7,14-18H2,1-2H3,(H,30,34)(H,31,35)/t22-,23-,24?,28+,29?/m0/s1. The minimum absolute atomic E-state index is 0.00159. The van der Waals surface area contributed by atoms with Gasteiger partial charge >= 0.3 is 0 Å². The molecule has 2 bridgehead atoms. The van der Waals surface area contributed by atoms with Crippen LogP contribution in [0.2, 0.25) is 0 Å². The number of unbranched alkanes of at least 4 members (excludes halogenated alkanes) is 1. The Morgan fingerprint density at radius 3 is 2.50 bits per heavy atom. The molecule has 202 valence electrons. The number of carbonyl (C=O) groups excluding carboxylic acids is 3. The van der Waals surface area contributed by atoms with Crippen molar-refractivity contribution in [2.45, 2.75) is 56.4 Å². The molecule has 0 radical (unpaired) electrons. The topological polar surface area (TPSA) is 117 Å². The van der Waals surface area contributed by atoms with Gasteiger partial charge in [-0.2, -0.15) is 0 Å². The van der Waals surface area contributed by atoms with E-state index in [1.54, 1.807) is 36.3 Å². The van der Waals surface area contributed by atoms with Crippen LogP contribution in [0, 0.1) is 11.8 Å². The molecule has 3 aliphatic rings. The lowest BCUT2D eigenvalue weighted by molar-refractivity contribution is -0.144. The van der Waals surface area contributed by atoms with Gasteiger partial charge in [0.05, 0.1) is 24.5 Å². The highest BCUT2D eigenvalue weighted by molar-refractivity contribution is 6.03. The number of carbonyl (C=O) groups is 3. The van der Waals surface area contributed by atoms with Gasteiger partial charge < -0.3 is 30.1 Å². The number of hydrogen-bond donors (Lipinski definition) is 3. The zero-order valence-electron chi connectivity index (χ0n) is 21.8. The molecule has 3 N–H and O–H groups in total. The first-order valence-electron chi connectivity index (χ1n) is 13.2. The molecule has 3 amide bonds. The Hall–Kier alpha value is -3.43. The van der Waals surface area contributed by atoms with E-state index in [1.165, 1.54) is 0 Å². The summed E-state index contributed by atoms with van der Waals surface area (Å²) in [5.74, 6) is -1.60. The molecule has 2 aromatic rings. The van der Waals surface area contributed by atoms with E-state index in [2.05, 4.69) is 10.6 Å². The Kier molecular flexibility index (Phi) is 7.15. The number of benzene rings is 2. The van der Waals surface area contributed by atoms with Crippen LogP contribution in [0.25, 0.3) is 0 Å². The van der Waals surface area contributed by atoms with Crippen molar-refractivity contribution in [2.75, 3.05) is 25.6 Å². The monoisotopic (exact) mass is 521 g/mol. The molecule has 5 rings (SSSR count). The van der Waals surface area contributed by atoms with E-state index in [9.17, 15) is 19.5 Å². The second kappa shape index (κ2) is 10.4. The molecule has 2 unspecified atom stereocenters. The van der Waals surface area contributed by atoms with Gasteiger partial charge in [-0.15, -0.1) is 0 Å². The molecule has 0 aliphatic carbocycles.